The molecule has 18 heavy (non-hydrogen) atoms. The average Bonchev–Trinajstić information content (AvgIpc) is 2.38. The van der Waals surface area contributed by atoms with E-state index in [1.165, 1.54) is 5.56 Å². The maximum atomic E-state index is 7.12. The Bertz CT molecular complexity index is 391. The molecule has 0 heterocycles. The minimum Gasteiger partial charge on any atom is -0.493 e. The van der Waals surface area contributed by atoms with Gasteiger partial charge in [-0.1, -0.05) is 13.0 Å². The number of ether oxygens (including phenoxy) is 2. The third kappa shape index (κ3) is 4.65. The van der Waals surface area contributed by atoms with Crippen LogP contribution in [-0.4, -0.2) is 19.6 Å². The van der Waals surface area contributed by atoms with Gasteiger partial charge in [-0.05, 0) is 37.0 Å². The summed E-state index contributed by atoms with van der Waals surface area (Å²) in [5, 5.41) is 7.12. The number of benzene rings is 1. The molecule has 0 radical (unpaired) electrons. The lowest BCUT2D eigenvalue weighted by Gasteiger charge is -2.11. The number of aryl methyl sites for hydroxylation is 1. The fourth-order valence-corrected chi connectivity index (χ4v) is 1.65. The lowest BCUT2D eigenvalue weighted by molar-refractivity contribution is 0.287. The molecule has 4 heteroatoms. The molecule has 0 saturated heterocycles. The van der Waals surface area contributed by atoms with E-state index in [0.717, 1.165) is 30.8 Å². The first-order chi connectivity index (χ1) is 8.67. The molecule has 100 valence electrons. The Balaban J connectivity index is 2.44. The minimum atomic E-state index is 0.236. The predicted molar refractivity (Wildman–Crippen MR) is 73.6 cm³/mol. The van der Waals surface area contributed by atoms with Gasteiger partial charge in [-0.25, -0.2) is 0 Å². The van der Waals surface area contributed by atoms with Gasteiger partial charge in [-0.3, -0.25) is 5.41 Å². The summed E-state index contributed by atoms with van der Waals surface area (Å²) in [7, 11) is 1.65. The van der Waals surface area contributed by atoms with Crippen molar-refractivity contribution >= 4 is 5.84 Å². The maximum absolute atomic E-state index is 7.12. The molecule has 0 aliphatic rings. The Morgan fingerprint density at radius 3 is 2.67 bits per heavy atom. The second kappa shape index (κ2) is 7.58. The fourth-order valence-electron chi connectivity index (χ4n) is 1.65. The lowest BCUT2D eigenvalue weighted by Crippen LogP contribution is -2.09. The van der Waals surface area contributed by atoms with Gasteiger partial charge in [0.15, 0.2) is 11.5 Å². The first-order valence-electron chi connectivity index (χ1n) is 6.30. The first-order valence-corrected chi connectivity index (χ1v) is 6.30. The highest BCUT2D eigenvalue weighted by Gasteiger charge is 2.04. The summed E-state index contributed by atoms with van der Waals surface area (Å²) < 4.78 is 11.0. The fraction of sp³-hybridized carbons (Fsp3) is 0.500. The summed E-state index contributed by atoms with van der Waals surface area (Å²) in [6, 6.07) is 6.00. The topological polar surface area (TPSA) is 68.3 Å². The number of amidine groups is 1. The van der Waals surface area contributed by atoms with Crippen LogP contribution in [0.1, 0.15) is 31.7 Å². The summed E-state index contributed by atoms with van der Waals surface area (Å²) in [5.41, 5.74) is 6.52. The van der Waals surface area contributed by atoms with Crippen LogP contribution in [0.4, 0.5) is 0 Å². The van der Waals surface area contributed by atoms with E-state index in [0.29, 0.717) is 13.0 Å². The van der Waals surface area contributed by atoms with Crippen molar-refractivity contribution < 1.29 is 9.47 Å². The van der Waals surface area contributed by atoms with Crippen LogP contribution in [0.2, 0.25) is 0 Å². The second-order valence-corrected chi connectivity index (χ2v) is 4.17. The summed E-state index contributed by atoms with van der Waals surface area (Å²) in [6.07, 6.45) is 3.38. The van der Waals surface area contributed by atoms with Crippen molar-refractivity contribution in [3.05, 3.63) is 23.8 Å². The highest BCUT2D eigenvalue weighted by Crippen LogP contribution is 2.28. The quantitative estimate of drug-likeness (QED) is 0.423. The number of unbranched alkanes of at least 4 members (excludes halogenated alkanes) is 1. The number of rotatable bonds is 8. The first kappa shape index (κ1) is 14.4. The molecule has 0 amide bonds. The molecule has 1 rings (SSSR count). The van der Waals surface area contributed by atoms with Gasteiger partial charge in [-0.15, -0.1) is 0 Å². The average molecular weight is 250 g/mol. The predicted octanol–water partition coefficient (Wildman–Crippen LogP) is 2.74. The van der Waals surface area contributed by atoms with Crippen LogP contribution in [0.5, 0.6) is 11.5 Å². The molecule has 0 spiro atoms. The highest BCUT2D eigenvalue weighted by atomic mass is 16.5. The van der Waals surface area contributed by atoms with Gasteiger partial charge in [0.05, 0.1) is 19.6 Å². The number of methoxy groups -OCH3 is 1. The van der Waals surface area contributed by atoms with E-state index >= 15 is 0 Å². The van der Waals surface area contributed by atoms with Crippen molar-refractivity contribution in [1.29, 1.82) is 5.41 Å². The van der Waals surface area contributed by atoms with Crippen molar-refractivity contribution in [2.75, 3.05) is 13.7 Å². The van der Waals surface area contributed by atoms with E-state index in [-0.39, 0.29) is 5.84 Å². The monoisotopic (exact) mass is 250 g/mol. The maximum Gasteiger partial charge on any atom is 0.161 e. The van der Waals surface area contributed by atoms with Crippen molar-refractivity contribution in [2.45, 2.75) is 32.6 Å². The Kier molecular flexibility index (Phi) is 6.05. The Morgan fingerprint density at radius 2 is 2.06 bits per heavy atom. The van der Waals surface area contributed by atoms with E-state index in [1.807, 2.05) is 18.2 Å². The molecule has 1 aromatic rings. The van der Waals surface area contributed by atoms with Crippen LogP contribution >= 0.6 is 0 Å². The van der Waals surface area contributed by atoms with Gasteiger partial charge in [-0.2, -0.15) is 0 Å². The van der Waals surface area contributed by atoms with Gasteiger partial charge < -0.3 is 15.2 Å². The molecule has 0 aromatic heterocycles. The molecule has 0 atom stereocenters. The SMILES string of the molecule is CCc1ccc(OCCCCC(=N)N)c(OC)c1. The smallest absolute Gasteiger partial charge is 0.161 e. The Morgan fingerprint density at radius 1 is 1.28 bits per heavy atom. The van der Waals surface area contributed by atoms with Gasteiger partial charge >= 0.3 is 0 Å². The normalized spacial score (nSPS) is 10.1. The van der Waals surface area contributed by atoms with Gasteiger partial charge in [0.25, 0.3) is 0 Å². The summed E-state index contributed by atoms with van der Waals surface area (Å²) in [4.78, 5) is 0. The molecule has 0 aliphatic heterocycles. The molecular formula is C14H22N2O2. The molecule has 3 N–H and O–H groups in total. The summed E-state index contributed by atoms with van der Waals surface area (Å²) >= 11 is 0. The zero-order valence-corrected chi connectivity index (χ0v) is 11.2. The number of nitrogens with one attached hydrogen (secondary N) is 1. The lowest BCUT2D eigenvalue weighted by atomic mass is 10.1. The second-order valence-electron chi connectivity index (χ2n) is 4.17. The van der Waals surface area contributed by atoms with Gasteiger partial charge in [0.1, 0.15) is 0 Å². The molecule has 0 bridgehead atoms. The largest absolute Gasteiger partial charge is 0.493 e. The highest BCUT2D eigenvalue weighted by molar-refractivity contribution is 5.76. The standard InChI is InChI=1S/C14H22N2O2/c1-3-11-7-8-12(13(10-11)17-2)18-9-5-4-6-14(15)16/h7-8,10H,3-6,9H2,1-2H3,(H3,15,16). The number of nitrogens with two attached hydrogens (primary N) is 1. The molecule has 4 nitrogen and oxygen atoms in total. The molecule has 1 aromatic carbocycles. The van der Waals surface area contributed by atoms with Crippen molar-refractivity contribution in [3.8, 4) is 11.5 Å². The van der Waals surface area contributed by atoms with Crippen molar-refractivity contribution in [1.82, 2.24) is 0 Å². The van der Waals surface area contributed by atoms with Crippen molar-refractivity contribution in [2.24, 2.45) is 5.73 Å². The molecule has 0 saturated carbocycles. The van der Waals surface area contributed by atoms with Crippen LogP contribution in [0.25, 0.3) is 0 Å². The zero-order valence-electron chi connectivity index (χ0n) is 11.2. The van der Waals surface area contributed by atoms with Crippen LogP contribution in [0, 0.1) is 5.41 Å². The van der Waals surface area contributed by atoms with Crippen LogP contribution in [0.15, 0.2) is 18.2 Å². The van der Waals surface area contributed by atoms with Crippen molar-refractivity contribution in [3.63, 3.8) is 0 Å². The van der Waals surface area contributed by atoms with E-state index in [4.69, 9.17) is 20.6 Å². The number of hydrogen-bond acceptors (Lipinski definition) is 3. The van der Waals surface area contributed by atoms with E-state index in [9.17, 15) is 0 Å². The molecule has 0 unspecified atom stereocenters. The third-order valence-corrected chi connectivity index (χ3v) is 2.73. The molecular weight excluding hydrogens is 228 g/mol. The molecule has 0 aliphatic carbocycles. The Hall–Kier alpha value is -1.71. The summed E-state index contributed by atoms with van der Waals surface area (Å²) in [5.74, 6) is 1.79. The third-order valence-electron chi connectivity index (χ3n) is 2.73. The minimum absolute atomic E-state index is 0.236. The number of hydrogen-bond donors (Lipinski definition) is 2. The van der Waals surface area contributed by atoms with E-state index in [1.54, 1.807) is 7.11 Å². The Labute approximate surface area is 109 Å². The van der Waals surface area contributed by atoms with Crippen LogP contribution in [0.3, 0.4) is 0 Å². The zero-order chi connectivity index (χ0) is 13.4. The summed E-state index contributed by atoms with van der Waals surface area (Å²) in [6.45, 7) is 2.73. The van der Waals surface area contributed by atoms with Gasteiger partial charge in [0, 0.05) is 6.42 Å². The van der Waals surface area contributed by atoms with E-state index < -0.39 is 0 Å². The van der Waals surface area contributed by atoms with Gasteiger partial charge in [0.2, 0.25) is 0 Å². The van der Waals surface area contributed by atoms with Crippen LogP contribution < -0.4 is 15.2 Å². The molecule has 0 fully saturated rings. The van der Waals surface area contributed by atoms with E-state index in [2.05, 4.69) is 6.92 Å². The van der Waals surface area contributed by atoms with Crippen LogP contribution in [-0.2, 0) is 6.42 Å².